The molecule has 2 N–H and O–H groups in total. The Balaban J connectivity index is 0.00000289. The minimum absolute atomic E-state index is 0. The fraction of sp³-hybridized carbons (Fsp3) is 0.652. The lowest BCUT2D eigenvalue weighted by atomic mass is 10.1. The van der Waals surface area contributed by atoms with Gasteiger partial charge in [-0.2, -0.15) is 0 Å². The van der Waals surface area contributed by atoms with Crippen molar-refractivity contribution in [3.05, 3.63) is 22.7 Å². The molecule has 1 saturated heterocycles. The summed E-state index contributed by atoms with van der Waals surface area (Å²) < 4.78 is 11.2. The number of rotatable bonds is 6. The van der Waals surface area contributed by atoms with Gasteiger partial charge in [0.2, 0.25) is 5.91 Å². The molecule has 9 heteroatoms. The van der Waals surface area contributed by atoms with Gasteiger partial charge in [-0.05, 0) is 50.3 Å². The van der Waals surface area contributed by atoms with Crippen LogP contribution in [-0.4, -0.2) is 62.2 Å². The number of nitrogens with one attached hydrogen (secondary N) is 2. The first kappa shape index (κ1) is 25.2. The van der Waals surface area contributed by atoms with E-state index in [1.807, 2.05) is 17.0 Å². The van der Waals surface area contributed by atoms with Gasteiger partial charge in [0.15, 0.2) is 17.5 Å². The van der Waals surface area contributed by atoms with Gasteiger partial charge >= 0.3 is 0 Å². The summed E-state index contributed by atoms with van der Waals surface area (Å²) in [6.45, 7) is 6.14. The largest absolute Gasteiger partial charge is 0.486 e. The molecular weight excluding hydrogens is 543 g/mol. The highest BCUT2D eigenvalue weighted by Gasteiger charge is 2.32. The van der Waals surface area contributed by atoms with Gasteiger partial charge in [-0.25, -0.2) is 0 Å². The van der Waals surface area contributed by atoms with Crippen molar-refractivity contribution in [3.8, 4) is 11.5 Å². The first-order valence-corrected chi connectivity index (χ1v) is 11.9. The predicted octanol–water partition coefficient (Wildman–Crippen LogP) is 3.62. The maximum atomic E-state index is 12.7. The minimum Gasteiger partial charge on any atom is -0.486 e. The smallest absolute Gasteiger partial charge is 0.225 e. The number of carbonyl (C=O) groups is 1. The molecule has 2 fully saturated rings. The second-order valence-corrected chi connectivity index (χ2v) is 8.92. The molecule has 0 radical (unpaired) electrons. The lowest BCUT2D eigenvalue weighted by molar-refractivity contribution is -0.134. The van der Waals surface area contributed by atoms with Crippen LogP contribution in [0.4, 0.5) is 0 Å². The summed E-state index contributed by atoms with van der Waals surface area (Å²) in [5.41, 5.74) is 1.07. The average Bonchev–Trinajstić information content (AvgIpc) is 3.46. The van der Waals surface area contributed by atoms with Crippen LogP contribution in [0.5, 0.6) is 11.5 Å². The molecule has 1 aromatic carbocycles. The molecule has 1 aliphatic carbocycles. The van der Waals surface area contributed by atoms with Gasteiger partial charge in [0.1, 0.15) is 13.2 Å². The van der Waals surface area contributed by atoms with E-state index in [1.165, 1.54) is 12.8 Å². The molecule has 1 saturated carbocycles. The molecule has 32 heavy (non-hydrogen) atoms. The lowest BCUT2D eigenvalue weighted by Crippen LogP contribution is -2.45. The number of nitrogens with zero attached hydrogens (tertiary/aromatic N) is 2. The summed E-state index contributed by atoms with van der Waals surface area (Å²) in [6, 6.07) is 4.15. The second-order valence-electron chi connectivity index (χ2n) is 8.51. The maximum Gasteiger partial charge on any atom is 0.225 e. The van der Waals surface area contributed by atoms with E-state index in [-0.39, 0.29) is 35.9 Å². The number of benzene rings is 1. The Bertz CT molecular complexity index is 817. The summed E-state index contributed by atoms with van der Waals surface area (Å²) in [5.74, 6) is 2.73. The molecule has 2 heterocycles. The Kier molecular flexibility index (Phi) is 9.58. The number of halogens is 2. The molecule has 0 bridgehead atoms. The third kappa shape index (κ3) is 6.34. The molecule has 1 aromatic rings. The van der Waals surface area contributed by atoms with E-state index < -0.39 is 0 Å². The van der Waals surface area contributed by atoms with Crippen LogP contribution in [-0.2, 0) is 11.2 Å². The summed E-state index contributed by atoms with van der Waals surface area (Å²) >= 11 is 6.34. The fourth-order valence-corrected chi connectivity index (χ4v) is 4.92. The standard InChI is InChI=1S/C23H33ClN4O3.HI/c1-2-25-23(27-18-8-10-28(15-18)22(29)17-5-3-4-6-17)26-9-7-16-13-19(24)21-20(14-16)30-11-12-31-21;/h13-14,17-18H,2-12,15H2,1H3,(H2,25,26,27);1H. The summed E-state index contributed by atoms with van der Waals surface area (Å²) in [4.78, 5) is 19.5. The molecule has 1 amide bonds. The number of fused-ring (bicyclic) bond motifs is 1. The van der Waals surface area contributed by atoms with Gasteiger partial charge in [-0.1, -0.05) is 24.4 Å². The molecule has 0 spiro atoms. The van der Waals surface area contributed by atoms with Crippen molar-refractivity contribution in [2.75, 3.05) is 39.4 Å². The number of carbonyl (C=O) groups excluding carboxylic acids is 1. The van der Waals surface area contributed by atoms with E-state index in [2.05, 4.69) is 17.6 Å². The molecule has 0 aromatic heterocycles. The molecule has 1 atom stereocenters. The van der Waals surface area contributed by atoms with Crippen molar-refractivity contribution in [2.45, 2.75) is 51.5 Å². The van der Waals surface area contributed by atoms with Crippen LogP contribution in [0, 0.1) is 5.92 Å². The maximum absolute atomic E-state index is 12.7. The van der Waals surface area contributed by atoms with Gasteiger partial charge in [0.25, 0.3) is 0 Å². The number of hydrogen-bond acceptors (Lipinski definition) is 4. The molecule has 2 aliphatic heterocycles. The molecule has 4 rings (SSSR count). The van der Waals surface area contributed by atoms with Crippen LogP contribution in [0.25, 0.3) is 0 Å². The topological polar surface area (TPSA) is 75.2 Å². The summed E-state index contributed by atoms with van der Waals surface area (Å²) in [5, 5.41) is 7.42. The van der Waals surface area contributed by atoms with Crippen molar-refractivity contribution in [3.63, 3.8) is 0 Å². The van der Waals surface area contributed by atoms with E-state index in [0.717, 1.165) is 56.8 Å². The Morgan fingerprint density at radius 1 is 1.22 bits per heavy atom. The number of guanidine groups is 1. The Morgan fingerprint density at radius 3 is 2.78 bits per heavy atom. The second kappa shape index (κ2) is 12.2. The van der Waals surface area contributed by atoms with Crippen molar-refractivity contribution in [1.82, 2.24) is 15.5 Å². The molecule has 178 valence electrons. The third-order valence-corrected chi connectivity index (χ3v) is 6.50. The van der Waals surface area contributed by atoms with Crippen molar-refractivity contribution >= 4 is 47.4 Å². The van der Waals surface area contributed by atoms with Crippen LogP contribution in [0.15, 0.2) is 17.1 Å². The summed E-state index contributed by atoms with van der Waals surface area (Å²) in [7, 11) is 0. The number of hydrogen-bond donors (Lipinski definition) is 2. The fourth-order valence-electron chi connectivity index (χ4n) is 4.63. The lowest BCUT2D eigenvalue weighted by Gasteiger charge is -2.21. The van der Waals surface area contributed by atoms with Gasteiger partial charge in [-0.3, -0.25) is 9.79 Å². The first-order chi connectivity index (χ1) is 15.1. The number of ether oxygens (including phenoxy) is 2. The average molecular weight is 577 g/mol. The zero-order chi connectivity index (χ0) is 21.6. The van der Waals surface area contributed by atoms with E-state index in [4.69, 9.17) is 26.1 Å². The molecule has 3 aliphatic rings. The first-order valence-electron chi connectivity index (χ1n) is 11.6. The van der Waals surface area contributed by atoms with E-state index in [9.17, 15) is 4.79 Å². The van der Waals surface area contributed by atoms with Crippen molar-refractivity contribution in [2.24, 2.45) is 10.9 Å². The van der Waals surface area contributed by atoms with E-state index in [0.29, 0.717) is 42.2 Å². The normalized spacial score (nSPS) is 20.8. The summed E-state index contributed by atoms with van der Waals surface area (Å²) in [6.07, 6.45) is 6.21. The predicted molar refractivity (Wildman–Crippen MR) is 138 cm³/mol. The van der Waals surface area contributed by atoms with Crippen LogP contribution in [0.1, 0.15) is 44.6 Å². The van der Waals surface area contributed by atoms with Gasteiger partial charge < -0.3 is 25.0 Å². The number of amides is 1. The SMILES string of the molecule is CCNC(=NCCc1cc(Cl)c2c(c1)OCCO2)NC1CCN(C(=O)C2CCCC2)C1.I. The van der Waals surface area contributed by atoms with Crippen molar-refractivity contribution in [1.29, 1.82) is 0 Å². The van der Waals surface area contributed by atoms with Crippen LogP contribution >= 0.6 is 35.6 Å². The van der Waals surface area contributed by atoms with Gasteiger partial charge in [-0.15, -0.1) is 24.0 Å². The molecule has 7 nitrogen and oxygen atoms in total. The monoisotopic (exact) mass is 576 g/mol. The quantitative estimate of drug-likeness (QED) is 0.308. The van der Waals surface area contributed by atoms with Crippen molar-refractivity contribution < 1.29 is 14.3 Å². The highest BCUT2D eigenvalue weighted by atomic mass is 127. The van der Waals surface area contributed by atoms with Crippen LogP contribution in [0.3, 0.4) is 0 Å². The minimum atomic E-state index is 0. The highest BCUT2D eigenvalue weighted by molar-refractivity contribution is 14.0. The highest BCUT2D eigenvalue weighted by Crippen LogP contribution is 2.38. The number of aliphatic imine (C=N–C) groups is 1. The Morgan fingerprint density at radius 2 is 2.00 bits per heavy atom. The zero-order valence-corrected chi connectivity index (χ0v) is 21.8. The van der Waals surface area contributed by atoms with E-state index >= 15 is 0 Å². The number of likely N-dealkylation sites (tertiary alicyclic amines) is 1. The van der Waals surface area contributed by atoms with Gasteiger partial charge in [0, 0.05) is 38.1 Å². The molecule has 1 unspecified atom stereocenters. The Labute approximate surface area is 212 Å². The van der Waals surface area contributed by atoms with E-state index in [1.54, 1.807) is 0 Å². The third-order valence-electron chi connectivity index (χ3n) is 6.22. The van der Waals surface area contributed by atoms with Crippen LogP contribution in [0.2, 0.25) is 5.02 Å². The zero-order valence-electron chi connectivity index (χ0n) is 18.7. The van der Waals surface area contributed by atoms with Crippen LogP contribution < -0.4 is 20.1 Å². The van der Waals surface area contributed by atoms with Gasteiger partial charge in [0.05, 0.1) is 5.02 Å². The Hall–Kier alpha value is -1.42. The molecular formula is C23H34ClIN4O3.